The number of nitrogens with one attached hydrogen (secondary N) is 1. The summed E-state index contributed by atoms with van der Waals surface area (Å²) in [5, 5.41) is 3.07. The molecule has 2 aromatic carbocycles. The number of halogens is 1. The summed E-state index contributed by atoms with van der Waals surface area (Å²) in [6.45, 7) is 4.06. The van der Waals surface area contributed by atoms with Crippen LogP contribution in [0.4, 0.5) is 10.2 Å². The SMILES string of the molecule is Cc1ccc(CNC(=O)C2CCCN(c3ccnc(-c4ccc(F)cc4)n3)C2)cc1. The summed E-state index contributed by atoms with van der Waals surface area (Å²) >= 11 is 0. The van der Waals surface area contributed by atoms with E-state index in [1.54, 1.807) is 18.3 Å². The van der Waals surface area contributed by atoms with Gasteiger partial charge in [0.25, 0.3) is 0 Å². The topological polar surface area (TPSA) is 58.1 Å². The number of nitrogens with zero attached hydrogens (tertiary/aromatic N) is 3. The molecule has 1 amide bonds. The first-order chi connectivity index (χ1) is 14.6. The van der Waals surface area contributed by atoms with Crippen LogP contribution in [0.3, 0.4) is 0 Å². The van der Waals surface area contributed by atoms with Gasteiger partial charge in [0.1, 0.15) is 11.6 Å². The lowest BCUT2D eigenvalue weighted by Crippen LogP contribution is -2.43. The molecule has 6 heteroatoms. The van der Waals surface area contributed by atoms with Gasteiger partial charge in [0.15, 0.2) is 5.82 Å². The standard InChI is InChI=1S/C24H25FN4O/c1-17-4-6-18(7-5-17)15-27-24(30)20-3-2-14-29(16-20)22-12-13-26-23(28-22)19-8-10-21(25)11-9-19/h4-13,20H,2-3,14-16H2,1H3,(H,27,30). The Bertz CT molecular complexity index is 1000. The molecule has 0 spiro atoms. The fourth-order valence-corrected chi connectivity index (χ4v) is 3.70. The van der Waals surface area contributed by atoms with Gasteiger partial charge in [-0.2, -0.15) is 0 Å². The van der Waals surface area contributed by atoms with Gasteiger partial charge < -0.3 is 10.2 Å². The van der Waals surface area contributed by atoms with Crippen LogP contribution in [0.5, 0.6) is 0 Å². The molecular weight excluding hydrogens is 379 g/mol. The number of hydrogen-bond donors (Lipinski definition) is 1. The highest BCUT2D eigenvalue weighted by molar-refractivity contribution is 5.79. The van der Waals surface area contributed by atoms with Crippen LogP contribution in [0, 0.1) is 18.7 Å². The van der Waals surface area contributed by atoms with Crippen molar-refractivity contribution in [2.24, 2.45) is 5.92 Å². The molecule has 154 valence electrons. The van der Waals surface area contributed by atoms with Crippen molar-refractivity contribution >= 4 is 11.7 Å². The van der Waals surface area contributed by atoms with Crippen molar-refractivity contribution in [1.82, 2.24) is 15.3 Å². The van der Waals surface area contributed by atoms with Gasteiger partial charge in [0, 0.05) is 31.4 Å². The number of anilines is 1. The van der Waals surface area contributed by atoms with Crippen LogP contribution >= 0.6 is 0 Å². The highest BCUT2D eigenvalue weighted by atomic mass is 19.1. The number of piperidine rings is 1. The molecule has 0 bridgehead atoms. The van der Waals surface area contributed by atoms with E-state index in [1.807, 2.05) is 25.1 Å². The largest absolute Gasteiger partial charge is 0.356 e. The molecule has 1 aliphatic heterocycles. The second kappa shape index (κ2) is 9.03. The molecule has 3 aromatic rings. The minimum absolute atomic E-state index is 0.0755. The molecule has 0 aliphatic carbocycles. The third-order valence-electron chi connectivity index (χ3n) is 5.45. The maximum Gasteiger partial charge on any atom is 0.225 e. The normalized spacial score (nSPS) is 16.3. The fourth-order valence-electron chi connectivity index (χ4n) is 3.70. The molecule has 1 aromatic heterocycles. The Morgan fingerprint density at radius 3 is 2.67 bits per heavy atom. The Hall–Kier alpha value is -3.28. The maximum atomic E-state index is 13.2. The van der Waals surface area contributed by atoms with Crippen LogP contribution < -0.4 is 10.2 Å². The number of carbonyl (C=O) groups is 1. The molecule has 5 nitrogen and oxygen atoms in total. The van der Waals surface area contributed by atoms with Crippen molar-refractivity contribution in [2.75, 3.05) is 18.0 Å². The van der Waals surface area contributed by atoms with Gasteiger partial charge in [-0.3, -0.25) is 4.79 Å². The zero-order chi connectivity index (χ0) is 20.9. The number of benzene rings is 2. The number of rotatable bonds is 5. The molecule has 1 saturated heterocycles. The van der Waals surface area contributed by atoms with Crippen LogP contribution in [-0.4, -0.2) is 29.0 Å². The molecule has 0 saturated carbocycles. The van der Waals surface area contributed by atoms with E-state index in [0.717, 1.165) is 36.3 Å². The molecular formula is C24H25FN4O. The predicted octanol–water partition coefficient (Wildman–Crippen LogP) is 4.12. The monoisotopic (exact) mass is 404 g/mol. The van der Waals surface area contributed by atoms with Gasteiger partial charge in [-0.05, 0) is 55.7 Å². The first-order valence-electron chi connectivity index (χ1n) is 10.3. The van der Waals surface area contributed by atoms with Gasteiger partial charge in [0.2, 0.25) is 5.91 Å². The van der Waals surface area contributed by atoms with E-state index in [1.165, 1.54) is 17.7 Å². The van der Waals surface area contributed by atoms with Crippen molar-refractivity contribution < 1.29 is 9.18 Å². The van der Waals surface area contributed by atoms with Crippen molar-refractivity contribution in [3.63, 3.8) is 0 Å². The second-order valence-corrected chi connectivity index (χ2v) is 7.73. The van der Waals surface area contributed by atoms with Gasteiger partial charge in [-0.15, -0.1) is 0 Å². The molecule has 30 heavy (non-hydrogen) atoms. The summed E-state index contributed by atoms with van der Waals surface area (Å²) in [5.41, 5.74) is 3.07. The Kier molecular flexibility index (Phi) is 6.02. The molecule has 1 N–H and O–H groups in total. The number of aromatic nitrogens is 2. The average molecular weight is 404 g/mol. The van der Waals surface area contributed by atoms with Crippen molar-refractivity contribution in [2.45, 2.75) is 26.3 Å². The number of carbonyl (C=O) groups excluding carboxylic acids is 1. The van der Waals surface area contributed by atoms with Gasteiger partial charge in [-0.1, -0.05) is 29.8 Å². The van der Waals surface area contributed by atoms with Crippen molar-refractivity contribution in [3.05, 3.63) is 77.7 Å². The van der Waals surface area contributed by atoms with Crippen molar-refractivity contribution in [3.8, 4) is 11.4 Å². The molecule has 1 fully saturated rings. The summed E-state index contributed by atoms with van der Waals surface area (Å²) in [7, 11) is 0. The summed E-state index contributed by atoms with van der Waals surface area (Å²) in [4.78, 5) is 23.8. The summed E-state index contributed by atoms with van der Waals surface area (Å²) < 4.78 is 13.2. The highest BCUT2D eigenvalue weighted by Gasteiger charge is 2.26. The van der Waals surface area contributed by atoms with E-state index in [4.69, 9.17) is 0 Å². The van der Waals surface area contributed by atoms with E-state index >= 15 is 0 Å². The van der Waals surface area contributed by atoms with Gasteiger partial charge >= 0.3 is 0 Å². The lowest BCUT2D eigenvalue weighted by Gasteiger charge is -2.33. The quantitative estimate of drug-likeness (QED) is 0.695. The lowest BCUT2D eigenvalue weighted by atomic mass is 9.97. The number of hydrogen-bond acceptors (Lipinski definition) is 4. The van der Waals surface area contributed by atoms with Crippen LogP contribution in [-0.2, 0) is 11.3 Å². The van der Waals surface area contributed by atoms with Crippen LogP contribution in [0.2, 0.25) is 0 Å². The smallest absolute Gasteiger partial charge is 0.225 e. The van der Waals surface area contributed by atoms with Crippen LogP contribution in [0.1, 0.15) is 24.0 Å². The predicted molar refractivity (Wildman–Crippen MR) is 115 cm³/mol. The number of amides is 1. The molecule has 4 rings (SSSR count). The second-order valence-electron chi connectivity index (χ2n) is 7.73. The first kappa shape index (κ1) is 20.0. The highest BCUT2D eigenvalue weighted by Crippen LogP contribution is 2.24. The summed E-state index contributed by atoms with van der Waals surface area (Å²) in [5.74, 6) is 1.06. The Balaban J connectivity index is 1.41. The fraction of sp³-hybridized carbons (Fsp3) is 0.292. The molecule has 1 unspecified atom stereocenters. The van der Waals surface area contributed by atoms with E-state index < -0.39 is 0 Å². The maximum absolute atomic E-state index is 13.2. The Morgan fingerprint density at radius 2 is 1.90 bits per heavy atom. The lowest BCUT2D eigenvalue weighted by molar-refractivity contribution is -0.125. The summed E-state index contributed by atoms with van der Waals surface area (Å²) in [6, 6.07) is 16.2. The third-order valence-corrected chi connectivity index (χ3v) is 5.45. The average Bonchev–Trinajstić information content (AvgIpc) is 2.79. The molecule has 0 radical (unpaired) electrons. The number of aryl methyl sites for hydroxylation is 1. The Labute approximate surface area is 176 Å². The zero-order valence-electron chi connectivity index (χ0n) is 17.0. The summed E-state index contributed by atoms with van der Waals surface area (Å²) in [6.07, 6.45) is 3.51. The molecule has 1 aliphatic rings. The van der Waals surface area contributed by atoms with Crippen LogP contribution in [0.25, 0.3) is 11.4 Å². The van der Waals surface area contributed by atoms with Crippen molar-refractivity contribution in [1.29, 1.82) is 0 Å². The minimum atomic E-state index is -0.287. The van der Waals surface area contributed by atoms with E-state index in [-0.39, 0.29) is 17.6 Å². The van der Waals surface area contributed by atoms with Crippen LogP contribution in [0.15, 0.2) is 60.8 Å². The Morgan fingerprint density at radius 1 is 1.13 bits per heavy atom. The minimum Gasteiger partial charge on any atom is -0.356 e. The van der Waals surface area contributed by atoms with E-state index in [9.17, 15) is 9.18 Å². The third kappa shape index (κ3) is 4.82. The molecule has 1 atom stereocenters. The molecule has 2 heterocycles. The first-order valence-corrected chi connectivity index (χ1v) is 10.3. The van der Waals surface area contributed by atoms with E-state index in [0.29, 0.717) is 18.9 Å². The van der Waals surface area contributed by atoms with Gasteiger partial charge in [-0.25, -0.2) is 14.4 Å². The van der Waals surface area contributed by atoms with E-state index in [2.05, 4.69) is 32.3 Å². The van der Waals surface area contributed by atoms with Gasteiger partial charge in [0.05, 0.1) is 5.92 Å². The zero-order valence-corrected chi connectivity index (χ0v) is 17.0.